The lowest BCUT2D eigenvalue weighted by Crippen LogP contribution is -2.40. The predicted molar refractivity (Wildman–Crippen MR) is 55.7 cm³/mol. The normalized spacial score (nSPS) is 27.0. The van der Waals surface area contributed by atoms with Crippen LogP contribution in [0.3, 0.4) is 0 Å². The minimum atomic E-state index is 0.198. The fraction of sp³-hybridized carbons (Fsp3) is 1.00. The average Bonchev–Trinajstić information content (AvgIpc) is 2.87. The Hall–Kier alpha value is -0.0800. The van der Waals surface area contributed by atoms with Crippen molar-refractivity contribution < 1.29 is 0 Å². The highest BCUT2D eigenvalue weighted by Gasteiger charge is 2.31. The largest absolute Gasteiger partial charge is 0.325 e. The first-order valence-electron chi connectivity index (χ1n) is 5.69. The van der Waals surface area contributed by atoms with Gasteiger partial charge in [0, 0.05) is 11.6 Å². The summed E-state index contributed by atoms with van der Waals surface area (Å²) in [6, 6.07) is 0.894. The van der Waals surface area contributed by atoms with Crippen LogP contribution in [-0.4, -0.2) is 30.1 Å². The molecule has 0 atom stereocenters. The van der Waals surface area contributed by atoms with E-state index in [9.17, 15) is 0 Å². The zero-order valence-electron chi connectivity index (χ0n) is 8.76. The van der Waals surface area contributed by atoms with Crippen molar-refractivity contribution in [3.8, 4) is 0 Å². The fourth-order valence-electron chi connectivity index (χ4n) is 2.43. The Balaban J connectivity index is 1.70. The van der Waals surface area contributed by atoms with Gasteiger partial charge in [-0.2, -0.15) is 0 Å². The van der Waals surface area contributed by atoms with E-state index in [-0.39, 0.29) is 5.54 Å². The van der Waals surface area contributed by atoms with E-state index in [1.807, 2.05) is 0 Å². The zero-order valence-corrected chi connectivity index (χ0v) is 8.76. The maximum absolute atomic E-state index is 6.30. The summed E-state index contributed by atoms with van der Waals surface area (Å²) < 4.78 is 0. The summed E-state index contributed by atoms with van der Waals surface area (Å²) in [4.78, 5) is 2.49. The minimum Gasteiger partial charge on any atom is -0.325 e. The molecule has 2 fully saturated rings. The van der Waals surface area contributed by atoms with E-state index in [1.54, 1.807) is 0 Å². The molecule has 0 amide bonds. The molecular weight excluding hydrogens is 160 g/mol. The zero-order chi connectivity index (χ0) is 9.31. The molecule has 0 heterocycles. The highest BCUT2D eigenvalue weighted by molar-refractivity contribution is 4.91. The van der Waals surface area contributed by atoms with Crippen molar-refractivity contribution in [3.63, 3.8) is 0 Å². The Kier molecular flexibility index (Phi) is 2.61. The first-order chi connectivity index (χ1) is 6.20. The topological polar surface area (TPSA) is 29.3 Å². The van der Waals surface area contributed by atoms with Gasteiger partial charge in [0.05, 0.1) is 0 Å². The number of rotatable bonds is 4. The van der Waals surface area contributed by atoms with Crippen LogP contribution in [0.4, 0.5) is 0 Å². The van der Waals surface area contributed by atoms with Gasteiger partial charge in [0.2, 0.25) is 0 Å². The number of hydrogen-bond acceptors (Lipinski definition) is 2. The van der Waals surface area contributed by atoms with E-state index in [4.69, 9.17) is 5.73 Å². The smallest absolute Gasteiger partial charge is 0.0166 e. The summed E-state index contributed by atoms with van der Waals surface area (Å²) in [6.45, 7) is 1.21. The van der Waals surface area contributed by atoms with Crippen molar-refractivity contribution in [1.82, 2.24) is 4.90 Å². The standard InChI is InChI=1S/C11H22N2/c1-13(10-4-5-10)9-8-11(12)6-2-3-7-11/h10H,2-9,12H2,1H3. The van der Waals surface area contributed by atoms with Gasteiger partial charge in [-0.3, -0.25) is 0 Å². The molecule has 2 saturated carbocycles. The molecule has 76 valence electrons. The monoisotopic (exact) mass is 182 g/mol. The second-order valence-electron chi connectivity index (χ2n) is 5.03. The van der Waals surface area contributed by atoms with Crippen LogP contribution < -0.4 is 5.73 Å². The average molecular weight is 182 g/mol. The number of hydrogen-bond donors (Lipinski definition) is 1. The van der Waals surface area contributed by atoms with Crippen LogP contribution in [0.15, 0.2) is 0 Å². The molecule has 2 aliphatic carbocycles. The van der Waals surface area contributed by atoms with Crippen molar-refractivity contribution in [3.05, 3.63) is 0 Å². The van der Waals surface area contributed by atoms with Gasteiger partial charge in [-0.15, -0.1) is 0 Å². The Bertz CT molecular complexity index is 169. The Labute approximate surface area is 81.5 Å². The summed E-state index contributed by atoms with van der Waals surface area (Å²) >= 11 is 0. The molecular formula is C11H22N2. The van der Waals surface area contributed by atoms with Gasteiger partial charge in [-0.25, -0.2) is 0 Å². The first-order valence-corrected chi connectivity index (χ1v) is 5.69. The van der Waals surface area contributed by atoms with Crippen molar-refractivity contribution in [2.75, 3.05) is 13.6 Å². The third kappa shape index (κ3) is 2.44. The van der Waals surface area contributed by atoms with E-state index < -0.39 is 0 Å². The lowest BCUT2D eigenvalue weighted by molar-refractivity contribution is 0.272. The molecule has 2 heteroatoms. The van der Waals surface area contributed by atoms with Crippen LogP contribution in [0.25, 0.3) is 0 Å². The van der Waals surface area contributed by atoms with Gasteiger partial charge in [0.15, 0.2) is 0 Å². The molecule has 0 radical (unpaired) electrons. The fourth-order valence-corrected chi connectivity index (χ4v) is 2.43. The van der Waals surface area contributed by atoms with Crippen LogP contribution in [0.2, 0.25) is 0 Å². The summed E-state index contributed by atoms with van der Waals surface area (Å²) in [7, 11) is 2.25. The maximum atomic E-state index is 6.30. The van der Waals surface area contributed by atoms with Crippen LogP contribution in [0.1, 0.15) is 44.9 Å². The minimum absolute atomic E-state index is 0.198. The van der Waals surface area contributed by atoms with Crippen LogP contribution in [0.5, 0.6) is 0 Å². The van der Waals surface area contributed by atoms with E-state index in [1.165, 1.54) is 51.5 Å². The molecule has 0 saturated heterocycles. The Morgan fingerprint density at radius 2 is 1.92 bits per heavy atom. The molecule has 0 aromatic carbocycles. The van der Waals surface area contributed by atoms with Gasteiger partial charge in [0.1, 0.15) is 0 Å². The molecule has 2 nitrogen and oxygen atoms in total. The Morgan fingerprint density at radius 3 is 2.46 bits per heavy atom. The number of nitrogens with zero attached hydrogens (tertiary/aromatic N) is 1. The second kappa shape index (κ2) is 3.58. The highest BCUT2D eigenvalue weighted by Crippen LogP contribution is 2.31. The van der Waals surface area contributed by atoms with Gasteiger partial charge in [-0.05, 0) is 45.7 Å². The summed E-state index contributed by atoms with van der Waals surface area (Å²) in [5.41, 5.74) is 6.50. The Morgan fingerprint density at radius 1 is 1.31 bits per heavy atom. The molecule has 0 aromatic heterocycles. The molecule has 0 aromatic rings. The van der Waals surface area contributed by atoms with Crippen molar-refractivity contribution in [2.24, 2.45) is 5.73 Å². The number of nitrogens with two attached hydrogens (primary N) is 1. The highest BCUT2D eigenvalue weighted by atomic mass is 15.1. The van der Waals surface area contributed by atoms with Crippen molar-refractivity contribution in [1.29, 1.82) is 0 Å². The van der Waals surface area contributed by atoms with Crippen molar-refractivity contribution in [2.45, 2.75) is 56.5 Å². The van der Waals surface area contributed by atoms with E-state index >= 15 is 0 Å². The molecule has 2 N–H and O–H groups in total. The van der Waals surface area contributed by atoms with Gasteiger partial charge in [0.25, 0.3) is 0 Å². The summed E-state index contributed by atoms with van der Waals surface area (Å²) in [5.74, 6) is 0. The molecule has 0 bridgehead atoms. The van der Waals surface area contributed by atoms with Gasteiger partial charge in [-0.1, -0.05) is 12.8 Å². The molecule has 13 heavy (non-hydrogen) atoms. The predicted octanol–water partition coefficient (Wildman–Crippen LogP) is 1.74. The SMILES string of the molecule is CN(CCC1(N)CCCC1)C1CC1. The summed E-state index contributed by atoms with van der Waals surface area (Å²) in [6.07, 6.45) is 9.24. The quantitative estimate of drug-likeness (QED) is 0.717. The maximum Gasteiger partial charge on any atom is 0.0166 e. The van der Waals surface area contributed by atoms with E-state index in [0.29, 0.717) is 0 Å². The second-order valence-corrected chi connectivity index (χ2v) is 5.03. The lowest BCUT2D eigenvalue weighted by atomic mass is 9.94. The summed E-state index contributed by atoms with van der Waals surface area (Å²) in [5, 5.41) is 0. The van der Waals surface area contributed by atoms with Gasteiger partial charge >= 0.3 is 0 Å². The molecule has 0 aliphatic heterocycles. The van der Waals surface area contributed by atoms with Crippen LogP contribution in [-0.2, 0) is 0 Å². The van der Waals surface area contributed by atoms with E-state index in [0.717, 1.165) is 6.04 Å². The molecule has 2 aliphatic rings. The molecule has 0 unspecified atom stereocenters. The van der Waals surface area contributed by atoms with Crippen molar-refractivity contribution >= 4 is 0 Å². The van der Waals surface area contributed by atoms with Crippen LogP contribution >= 0.6 is 0 Å². The van der Waals surface area contributed by atoms with Crippen LogP contribution in [0, 0.1) is 0 Å². The third-order valence-corrected chi connectivity index (χ3v) is 3.73. The van der Waals surface area contributed by atoms with E-state index in [2.05, 4.69) is 11.9 Å². The molecule has 2 rings (SSSR count). The van der Waals surface area contributed by atoms with Gasteiger partial charge < -0.3 is 10.6 Å². The lowest BCUT2D eigenvalue weighted by Gasteiger charge is -2.26. The third-order valence-electron chi connectivity index (χ3n) is 3.73. The molecule has 0 spiro atoms. The first kappa shape index (κ1) is 9.47.